The maximum atomic E-state index is 12.6. The van der Waals surface area contributed by atoms with Crippen LogP contribution in [0.25, 0.3) is 0 Å². The van der Waals surface area contributed by atoms with E-state index in [0.717, 1.165) is 0 Å². The largest absolute Gasteiger partial charge is 1.00 e. The smallest absolute Gasteiger partial charge is 0.449 e. The number of ether oxygens (including phenoxy) is 2. The summed E-state index contributed by atoms with van der Waals surface area (Å²) in [6, 6.07) is 0. The van der Waals surface area contributed by atoms with E-state index < -0.39 is 24.0 Å². The number of rotatable bonds is 1. The Hall–Kier alpha value is 1.41. The van der Waals surface area contributed by atoms with Crippen LogP contribution in [-0.2, 0) is 9.47 Å². The van der Waals surface area contributed by atoms with Crippen molar-refractivity contribution in [2.24, 2.45) is 5.41 Å². The minimum Gasteiger partial charge on any atom is -0.449 e. The van der Waals surface area contributed by atoms with Crippen molar-refractivity contribution < 1.29 is 73.8 Å². The molecule has 1 atom stereocenters. The van der Waals surface area contributed by atoms with E-state index in [1.165, 1.54) is 0 Å². The second-order valence-electron chi connectivity index (χ2n) is 5.41. The number of hydrogen-bond acceptors (Lipinski definition) is 2. The Morgan fingerprint density at radius 1 is 0.941 bits per heavy atom. The first-order chi connectivity index (χ1) is 7.46. The maximum absolute atomic E-state index is 12.6. The molecule has 2 aliphatic carbocycles. The van der Waals surface area contributed by atoms with Crippen molar-refractivity contribution in [3.63, 3.8) is 0 Å². The Bertz CT molecular complexity index is 294. The minimum absolute atomic E-state index is 0. The summed E-state index contributed by atoms with van der Waals surface area (Å²) >= 11 is 0. The molecule has 0 aromatic heterocycles. The first-order valence-corrected chi connectivity index (χ1v) is 5.94. The summed E-state index contributed by atoms with van der Waals surface area (Å²) < 4.78 is 49.0. The number of hydrogen-bond donors (Lipinski definition) is 0. The van der Waals surface area contributed by atoms with E-state index in [9.17, 15) is 12.9 Å². The molecule has 0 bridgehead atoms. The van der Waals surface area contributed by atoms with Gasteiger partial charge in [0.2, 0.25) is 0 Å². The minimum atomic E-state index is -4.64. The third-order valence-corrected chi connectivity index (χ3v) is 4.53. The van der Waals surface area contributed by atoms with Gasteiger partial charge in [0.1, 0.15) is 0 Å². The Kier molecular flexibility index (Phi) is 4.14. The molecule has 0 aromatic carbocycles. The first-order valence-electron chi connectivity index (χ1n) is 5.94. The van der Waals surface area contributed by atoms with Crippen molar-refractivity contribution in [2.45, 2.75) is 43.7 Å². The topological polar surface area (TPSA) is 18.5 Å². The summed E-state index contributed by atoms with van der Waals surface area (Å²) in [6.45, 7) is -3.48. The summed E-state index contributed by atoms with van der Waals surface area (Å²) in [6.07, 6.45) is 2.83. The molecule has 3 fully saturated rings. The van der Waals surface area contributed by atoms with E-state index in [-0.39, 0.29) is 51.4 Å². The number of halogens is 3. The fraction of sp³-hybridized carbons (Fsp3) is 1.00. The molecule has 92 valence electrons. The standard InChI is InChI=1S/C10H15BF3O2.K/c12-11(13,14)8-7-9(8)1-3-10(4-2-9)15-5-6-16-10;/h8H,1-7H2;/q-1;+1. The van der Waals surface area contributed by atoms with Gasteiger partial charge in [-0.15, -0.1) is 0 Å². The molecule has 0 N–H and O–H groups in total. The van der Waals surface area contributed by atoms with Crippen LogP contribution < -0.4 is 51.4 Å². The van der Waals surface area contributed by atoms with Crippen LogP contribution in [-0.4, -0.2) is 26.0 Å². The van der Waals surface area contributed by atoms with Crippen LogP contribution in [0.2, 0.25) is 5.82 Å². The predicted octanol–water partition coefficient (Wildman–Crippen LogP) is -0.0848. The maximum Gasteiger partial charge on any atom is 1.00 e. The van der Waals surface area contributed by atoms with Crippen LogP contribution in [0.4, 0.5) is 12.9 Å². The van der Waals surface area contributed by atoms with Gasteiger partial charge in [-0.1, -0.05) is 17.7 Å². The Morgan fingerprint density at radius 2 is 1.47 bits per heavy atom. The van der Waals surface area contributed by atoms with Crippen LogP contribution >= 0.6 is 0 Å². The van der Waals surface area contributed by atoms with Crippen LogP contribution in [0.15, 0.2) is 0 Å². The molecule has 2 saturated carbocycles. The average Bonchev–Trinajstić information content (AvgIpc) is 2.76. The fourth-order valence-corrected chi connectivity index (χ4v) is 3.40. The Labute approximate surface area is 141 Å². The molecule has 3 aliphatic rings. The molecule has 0 radical (unpaired) electrons. The van der Waals surface area contributed by atoms with Gasteiger partial charge in [0.15, 0.2) is 5.79 Å². The van der Waals surface area contributed by atoms with Gasteiger partial charge in [0, 0.05) is 12.8 Å². The predicted molar refractivity (Wildman–Crippen MR) is 53.0 cm³/mol. The van der Waals surface area contributed by atoms with Crippen molar-refractivity contribution in [3.8, 4) is 0 Å². The zero-order chi connectivity index (χ0) is 11.4. The second-order valence-corrected chi connectivity index (χ2v) is 5.41. The molecule has 1 saturated heterocycles. The van der Waals surface area contributed by atoms with E-state index in [4.69, 9.17) is 9.47 Å². The summed E-state index contributed by atoms with van der Waals surface area (Å²) in [7, 11) is 0. The molecule has 1 unspecified atom stereocenters. The van der Waals surface area contributed by atoms with E-state index in [1.54, 1.807) is 0 Å². The van der Waals surface area contributed by atoms with E-state index in [2.05, 4.69) is 0 Å². The van der Waals surface area contributed by atoms with Crippen LogP contribution in [0.1, 0.15) is 32.1 Å². The SMILES string of the molecule is F[B-](F)(F)C1CC12CCC1(CC2)OCCO1.[K+]. The van der Waals surface area contributed by atoms with Crippen molar-refractivity contribution in [1.29, 1.82) is 0 Å². The van der Waals surface area contributed by atoms with E-state index in [0.29, 0.717) is 45.3 Å². The zero-order valence-electron chi connectivity index (χ0n) is 10.1. The summed E-state index contributed by atoms with van der Waals surface area (Å²) in [4.78, 5) is 0. The van der Waals surface area contributed by atoms with Crippen LogP contribution in [0, 0.1) is 5.41 Å². The van der Waals surface area contributed by atoms with Crippen LogP contribution in [0.5, 0.6) is 0 Å². The van der Waals surface area contributed by atoms with Crippen molar-refractivity contribution >= 4 is 6.98 Å². The molecule has 3 rings (SSSR count). The van der Waals surface area contributed by atoms with Gasteiger partial charge in [0.25, 0.3) is 0 Å². The normalized spacial score (nSPS) is 33.7. The third-order valence-electron chi connectivity index (χ3n) is 4.53. The van der Waals surface area contributed by atoms with Gasteiger partial charge in [-0.3, -0.25) is 0 Å². The molecule has 2 spiro atoms. The molecule has 1 aliphatic heterocycles. The molecular formula is C10H15BF3KO2. The van der Waals surface area contributed by atoms with Crippen molar-refractivity contribution in [1.82, 2.24) is 0 Å². The van der Waals surface area contributed by atoms with Gasteiger partial charge in [-0.2, -0.15) is 0 Å². The van der Waals surface area contributed by atoms with E-state index >= 15 is 0 Å². The molecule has 0 aromatic rings. The van der Waals surface area contributed by atoms with Crippen molar-refractivity contribution in [2.75, 3.05) is 13.2 Å². The molecule has 7 heteroatoms. The summed E-state index contributed by atoms with van der Waals surface area (Å²) in [5.74, 6) is -1.54. The monoisotopic (exact) mass is 274 g/mol. The average molecular weight is 274 g/mol. The molecule has 0 amide bonds. The molecular weight excluding hydrogens is 259 g/mol. The molecule has 17 heavy (non-hydrogen) atoms. The second kappa shape index (κ2) is 4.75. The quantitative estimate of drug-likeness (QED) is 0.622. The Morgan fingerprint density at radius 3 is 1.88 bits per heavy atom. The van der Waals surface area contributed by atoms with Gasteiger partial charge in [-0.25, -0.2) is 0 Å². The molecule has 1 heterocycles. The van der Waals surface area contributed by atoms with E-state index in [1.807, 2.05) is 0 Å². The zero-order valence-corrected chi connectivity index (χ0v) is 13.2. The fourth-order valence-electron chi connectivity index (χ4n) is 3.40. The Balaban J connectivity index is 0.00000108. The summed E-state index contributed by atoms with van der Waals surface area (Å²) in [5, 5.41) is 0. The molecule has 2 nitrogen and oxygen atoms in total. The van der Waals surface area contributed by atoms with Gasteiger partial charge in [-0.05, 0) is 12.8 Å². The van der Waals surface area contributed by atoms with Crippen LogP contribution in [0.3, 0.4) is 0 Å². The van der Waals surface area contributed by atoms with Gasteiger partial charge >= 0.3 is 58.4 Å². The summed E-state index contributed by atoms with van der Waals surface area (Å²) in [5.41, 5.74) is -0.446. The first kappa shape index (κ1) is 14.8. The van der Waals surface area contributed by atoms with Gasteiger partial charge in [0.05, 0.1) is 13.2 Å². The third kappa shape index (κ3) is 2.66. The van der Waals surface area contributed by atoms with Gasteiger partial charge < -0.3 is 22.4 Å². The van der Waals surface area contributed by atoms with Crippen molar-refractivity contribution in [3.05, 3.63) is 0 Å².